The first-order chi connectivity index (χ1) is 26.0. The van der Waals surface area contributed by atoms with Crippen molar-refractivity contribution in [2.24, 2.45) is 0 Å². The van der Waals surface area contributed by atoms with E-state index in [1.54, 1.807) is 0 Å². The van der Waals surface area contributed by atoms with Crippen molar-refractivity contribution in [1.82, 2.24) is 19.9 Å². The third-order valence-corrected chi connectivity index (χ3v) is 11.6. The predicted octanol–water partition coefficient (Wildman–Crippen LogP) is 9.27. The molecule has 2 aromatic rings. The van der Waals surface area contributed by atoms with Crippen molar-refractivity contribution < 1.29 is 33.2 Å². The van der Waals surface area contributed by atoms with Crippen LogP contribution >= 0.6 is 0 Å². The maximum Gasteiger partial charge on any atom is 0.316 e. The van der Waals surface area contributed by atoms with Crippen LogP contribution in [0.1, 0.15) is 166 Å². The second kappa shape index (κ2) is 19.9. The first-order valence-corrected chi connectivity index (χ1v) is 21.2. The van der Waals surface area contributed by atoms with Gasteiger partial charge in [-0.2, -0.15) is 0 Å². The van der Waals surface area contributed by atoms with E-state index in [0.717, 1.165) is 88.2 Å². The maximum atomic E-state index is 6.97. The highest BCUT2D eigenvalue weighted by atomic mass is 16.8. The van der Waals surface area contributed by atoms with Gasteiger partial charge in [0.25, 0.3) is 0 Å². The molecule has 2 saturated carbocycles. The summed E-state index contributed by atoms with van der Waals surface area (Å²) in [7, 11) is 0. The Labute approximate surface area is 318 Å². The quantitative estimate of drug-likeness (QED) is 0.108. The lowest BCUT2D eigenvalue weighted by Crippen LogP contribution is -2.43. The van der Waals surface area contributed by atoms with Gasteiger partial charge in [0.15, 0.2) is 11.6 Å². The average molecular weight is 739 g/mol. The first kappa shape index (κ1) is 40.2. The van der Waals surface area contributed by atoms with Crippen molar-refractivity contribution in [3.8, 4) is 12.0 Å². The van der Waals surface area contributed by atoms with Crippen LogP contribution in [0.4, 0.5) is 0 Å². The molecule has 11 heteroatoms. The van der Waals surface area contributed by atoms with E-state index in [2.05, 4.69) is 33.8 Å². The zero-order chi connectivity index (χ0) is 36.7. The van der Waals surface area contributed by atoms with Crippen LogP contribution in [0.3, 0.4) is 0 Å². The van der Waals surface area contributed by atoms with E-state index in [-0.39, 0.29) is 13.2 Å². The number of aromatic nitrogens is 4. The number of hydrogen-bond donors (Lipinski definition) is 0. The molecule has 0 amide bonds. The summed E-state index contributed by atoms with van der Waals surface area (Å²) in [6.07, 6.45) is 31.9. The SMILES string of the molecule is CCCCCCCCOc1ncc(C2(COC[C@@]3(c4cnc(OCCCCCCCC)nc4)COC4(CCCCC4)O3)COC3(CCCCC3)O2)cn1. The van der Waals surface area contributed by atoms with E-state index in [9.17, 15) is 0 Å². The van der Waals surface area contributed by atoms with E-state index in [1.165, 1.54) is 64.2 Å². The summed E-state index contributed by atoms with van der Waals surface area (Å²) < 4.78 is 45.5. The standard InChI is InChI=1S/C42H66N4O7/c1-3-5-7-9-11-19-25-48-37-43-27-35(28-44-37)39(33-50-41(52-39)21-15-13-16-22-41)31-47-32-40(34-51-42(53-40)23-17-14-18-24-42)36-29-45-38(46-30-36)49-26-20-12-10-8-6-4-2/h27-30H,3-26,31-34H2,1-2H3/t39-,40?/m0/s1. The number of rotatable bonds is 22. The molecule has 0 bridgehead atoms. The highest BCUT2D eigenvalue weighted by molar-refractivity contribution is 5.22. The largest absolute Gasteiger partial charge is 0.463 e. The summed E-state index contributed by atoms with van der Waals surface area (Å²) in [5.74, 6) is -1.24. The molecule has 2 aliphatic carbocycles. The monoisotopic (exact) mass is 738 g/mol. The molecule has 0 aromatic carbocycles. The van der Waals surface area contributed by atoms with Gasteiger partial charge in [-0.1, -0.05) is 90.9 Å². The molecule has 0 N–H and O–H groups in total. The van der Waals surface area contributed by atoms with Crippen LogP contribution < -0.4 is 9.47 Å². The second-order valence-corrected chi connectivity index (χ2v) is 15.9. The molecule has 0 radical (unpaired) electrons. The molecular formula is C42H66N4O7. The molecular weight excluding hydrogens is 672 g/mol. The van der Waals surface area contributed by atoms with Crippen molar-refractivity contribution in [2.75, 3.05) is 39.6 Å². The van der Waals surface area contributed by atoms with Gasteiger partial charge in [0.2, 0.25) is 0 Å². The lowest BCUT2D eigenvalue weighted by Gasteiger charge is -2.37. The molecule has 1 unspecified atom stereocenters. The van der Waals surface area contributed by atoms with Crippen molar-refractivity contribution in [2.45, 2.75) is 178 Å². The number of unbranched alkanes of at least 4 members (excludes halogenated alkanes) is 10. The molecule has 2 atom stereocenters. The Bertz CT molecular complexity index is 1230. The van der Waals surface area contributed by atoms with Crippen LogP contribution in [0.25, 0.3) is 0 Å². The molecule has 2 saturated heterocycles. The van der Waals surface area contributed by atoms with Crippen molar-refractivity contribution >= 4 is 0 Å². The van der Waals surface area contributed by atoms with Gasteiger partial charge in [-0.05, 0) is 38.5 Å². The fourth-order valence-corrected chi connectivity index (χ4v) is 8.32. The number of hydrogen-bond acceptors (Lipinski definition) is 11. The first-order valence-electron chi connectivity index (χ1n) is 21.2. The smallest absolute Gasteiger partial charge is 0.316 e. The summed E-state index contributed by atoms with van der Waals surface area (Å²) in [6.45, 7) is 6.91. The van der Waals surface area contributed by atoms with Gasteiger partial charge in [-0.15, -0.1) is 0 Å². The predicted molar refractivity (Wildman–Crippen MR) is 202 cm³/mol. The Morgan fingerprint density at radius 3 is 1.28 bits per heavy atom. The molecule has 2 aliphatic heterocycles. The third-order valence-electron chi connectivity index (χ3n) is 11.6. The topological polar surface area (TPSA) is 116 Å². The van der Waals surface area contributed by atoms with Gasteiger partial charge < -0.3 is 33.2 Å². The van der Waals surface area contributed by atoms with Gasteiger partial charge in [0.05, 0.1) is 39.6 Å². The average Bonchev–Trinajstić information content (AvgIpc) is 3.73. The molecule has 2 spiro atoms. The van der Waals surface area contributed by atoms with Crippen LogP contribution in [0.5, 0.6) is 12.0 Å². The Kier molecular flexibility index (Phi) is 15.1. The Morgan fingerprint density at radius 1 is 0.509 bits per heavy atom. The molecule has 6 rings (SSSR count). The van der Waals surface area contributed by atoms with E-state index >= 15 is 0 Å². The fraction of sp³-hybridized carbons (Fsp3) is 0.810. The zero-order valence-electron chi connectivity index (χ0n) is 32.8. The van der Waals surface area contributed by atoms with Crippen molar-refractivity contribution in [1.29, 1.82) is 0 Å². The minimum atomic E-state index is -0.872. The van der Waals surface area contributed by atoms with Crippen LogP contribution in [0.2, 0.25) is 0 Å². The van der Waals surface area contributed by atoms with Crippen molar-refractivity contribution in [3.05, 3.63) is 35.9 Å². The van der Waals surface area contributed by atoms with E-state index in [1.807, 2.05) is 24.8 Å². The highest BCUT2D eigenvalue weighted by Crippen LogP contribution is 2.48. The minimum absolute atomic E-state index is 0.245. The summed E-state index contributed by atoms with van der Waals surface area (Å²) in [5, 5.41) is 0. The van der Waals surface area contributed by atoms with Gasteiger partial charge in [-0.3, -0.25) is 0 Å². The van der Waals surface area contributed by atoms with Gasteiger partial charge in [-0.25, -0.2) is 19.9 Å². The van der Waals surface area contributed by atoms with Crippen LogP contribution in [-0.2, 0) is 34.9 Å². The summed E-state index contributed by atoms with van der Waals surface area (Å²) >= 11 is 0. The molecule has 4 aliphatic rings. The van der Waals surface area contributed by atoms with Crippen LogP contribution in [-0.4, -0.2) is 71.2 Å². The van der Waals surface area contributed by atoms with E-state index < -0.39 is 22.8 Å². The maximum absolute atomic E-state index is 6.97. The van der Waals surface area contributed by atoms with Gasteiger partial charge in [0, 0.05) is 61.6 Å². The van der Waals surface area contributed by atoms with Gasteiger partial charge in [0.1, 0.15) is 11.2 Å². The Morgan fingerprint density at radius 2 is 0.887 bits per heavy atom. The Balaban J connectivity index is 1.12. The van der Waals surface area contributed by atoms with Crippen LogP contribution in [0, 0.1) is 0 Å². The molecule has 53 heavy (non-hydrogen) atoms. The number of ether oxygens (including phenoxy) is 7. The molecule has 11 nitrogen and oxygen atoms in total. The van der Waals surface area contributed by atoms with E-state index in [0.29, 0.717) is 38.4 Å². The van der Waals surface area contributed by atoms with Crippen molar-refractivity contribution in [3.63, 3.8) is 0 Å². The molecule has 2 aromatic heterocycles. The lowest BCUT2D eigenvalue weighted by atomic mass is 9.93. The second-order valence-electron chi connectivity index (χ2n) is 15.9. The highest BCUT2D eigenvalue weighted by Gasteiger charge is 2.55. The minimum Gasteiger partial charge on any atom is -0.463 e. The summed E-state index contributed by atoms with van der Waals surface area (Å²) in [4.78, 5) is 18.4. The molecule has 4 fully saturated rings. The molecule has 4 heterocycles. The lowest BCUT2D eigenvalue weighted by molar-refractivity contribution is -0.229. The van der Waals surface area contributed by atoms with E-state index in [4.69, 9.17) is 33.2 Å². The third kappa shape index (κ3) is 10.9. The summed E-state index contributed by atoms with van der Waals surface area (Å²) in [5.41, 5.74) is -0.0986. The number of nitrogens with zero attached hydrogens (tertiary/aromatic N) is 4. The zero-order valence-corrected chi connectivity index (χ0v) is 32.8. The van der Waals surface area contributed by atoms with Crippen LogP contribution in [0.15, 0.2) is 24.8 Å². The Hall–Kier alpha value is -2.44. The molecule has 296 valence electrons. The van der Waals surface area contributed by atoms with Gasteiger partial charge >= 0.3 is 12.0 Å². The normalized spacial score (nSPS) is 24.9. The summed E-state index contributed by atoms with van der Waals surface area (Å²) in [6, 6.07) is 0.773. The fourth-order valence-electron chi connectivity index (χ4n) is 8.32.